The average Bonchev–Trinajstić information content (AvgIpc) is 2.60. The van der Waals surface area contributed by atoms with Crippen LogP contribution in [0.2, 0.25) is 0 Å². The Morgan fingerprint density at radius 2 is 1.71 bits per heavy atom. The highest BCUT2D eigenvalue weighted by Gasteiger charge is 2.34. The van der Waals surface area contributed by atoms with Crippen LogP contribution in [0.15, 0.2) is 47.4 Å². The lowest BCUT2D eigenvalue weighted by atomic mass is 10.2. The minimum atomic E-state index is -4.92. The molecular formula is C18H18F4N2O3S. The van der Waals surface area contributed by atoms with Crippen LogP contribution in [0.4, 0.5) is 23.2 Å². The van der Waals surface area contributed by atoms with E-state index >= 15 is 0 Å². The summed E-state index contributed by atoms with van der Waals surface area (Å²) in [5, 5.41) is 2.17. The van der Waals surface area contributed by atoms with Gasteiger partial charge in [-0.25, -0.2) is 12.8 Å². The first-order chi connectivity index (χ1) is 12.9. The molecule has 5 nitrogen and oxygen atoms in total. The fourth-order valence-electron chi connectivity index (χ4n) is 2.41. The zero-order valence-electron chi connectivity index (χ0n) is 15.0. The molecule has 2 rings (SSSR count). The van der Waals surface area contributed by atoms with E-state index in [1.165, 1.54) is 19.1 Å². The monoisotopic (exact) mass is 418 g/mol. The molecule has 28 heavy (non-hydrogen) atoms. The van der Waals surface area contributed by atoms with Gasteiger partial charge in [0.05, 0.1) is 17.0 Å². The van der Waals surface area contributed by atoms with E-state index in [4.69, 9.17) is 0 Å². The smallest absolute Gasteiger partial charge is 0.325 e. The summed E-state index contributed by atoms with van der Waals surface area (Å²) in [4.78, 5) is 12.2. The van der Waals surface area contributed by atoms with E-state index in [9.17, 15) is 30.8 Å². The number of aryl methyl sites for hydroxylation is 1. The summed E-state index contributed by atoms with van der Waals surface area (Å²) in [6, 6.07) is 8.03. The summed E-state index contributed by atoms with van der Waals surface area (Å²) in [5.74, 6) is -2.32. The predicted molar refractivity (Wildman–Crippen MR) is 95.6 cm³/mol. The Kier molecular flexibility index (Phi) is 6.45. The standard InChI is InChI=1S/C18H18F4N2O3S/c1-3-24(28(26,27)14-7-4-12(2)5-8-14)11-17(25)23-13-6-9-16(19)15(10-13)18(20,21)22/h4-10H,3,11H2,1-2H3,(H,23,25). The fraction of sp³-hybridized carbons (Fsp3) is 0.278. The minimum Gasteiger partial charge on any atom is -0.325 e. The summed E-state index contributed by atoms with van der Waals surface area (Å²) in [6.07, 6.45) is -4.92. The van der Waals surface area contributed by atoms with Crippen LogP contribution in [0, 0.1) is 12.7 Å². The number of rotatable bonds is 6. The zero-order chi connectivity index (χ0) is 21.1. The number of alkyl halides is 3. The van der Waals surface area contributed by atoms with Gasteiger partial charge in [0.2, 0.25) is 15.9 Å². The molecule has 0 aliphatic rings. The molecule has 152 valence electrons. The van der Waals surface area contributed by atoms with Crippen LogP contribution < -0.4 is 5.32 Å². The highest BCUT2D eigenvalue weighted by Crippen LogP contribution is 2.33. The number of carbonyl (C=O) groups is 1. The van der Waals surface area contributed by atoms with Crippen molar-refractivity contribution in [2.45, 2.75) is 24.9 Å². The van der Waals surface area contributed by atoms with E-state index in [0.29, 0.717) is 12.1 Å². The van der Waals surface area contributed by atoms with Crippen molar-refractivity contribution in [1.29, 1.82) is 0 Å². The van der Waals surface area contributed by atoms with Gasteiger partial charge in [-0.2, -0.15) is 17.5 Å². The number of nitrogens with zero attached hydrogens (tertiary/aromatic N) is 1. The summed E-state index contributed by atoms with van der Waals surface area (Å²) in [7, 11) is -3.96. The normalized spacial score (nSPS) is 12.2. The maximum Gasteiger partial charge on any atom is 0.419 e. The van der Waals surface area contributed by atoms with Crippen LogP contribution in [0.1, 0.15) is 18.1 Å². The number of anilines is 1. The largest absolute Gasteiger partial charge is 0.419 e. The Morgan fingerprint density at radius 3 is 2.25 bits per heavy atom. The fourth-order valence-corrected chi connectivity index (χ4v) is 3.81. The number of amides is 1. The van der Waals surface area contributed by atoms with Crippen molar-refractivity contribution in [1.82, 2.24) is 4.31 Å². The molecule has 0 aliphatic carbocycles. The van der Waals surface area contributed by atoms with Crippen molar-refractivity contribution in [2.75, 3.05) is 18.4 Å². The van der Waals surface area contributed by atoms with Crippen LogP contribution in [0.3, 0.4) is 0 Å². The van der Waals surface area contributed by atoms with Crippen molar-refractivity contribution >= 4 is 21.6 Å². The Morgan fingerprint density at radius 1 is 1.11 bits per heavy atom. The van der Waals surface area contributed by atoms with Crippen molar-refractivity contribution < 1.29 is 30.8 Å². The van der Waals surface area contributed by atoms with Gasteiger partial charge in [-0.15, -0.1) is 0 Å². The van der Waals surface area contributed by atoms with Gasteiger partial charge in [0, 0.05) is 12.2 Å². The van der Waals surface area contributed by atoms with Gasteiger partial charge >= 0.3 is 6.18 Å². The molecule has 0 aromatic heterocycles. The maximum absolute atomic E-state index is 13.3. The Labute approximate surface area is 160 Å². The van der Waals surface area contributed by atoms with Gasteiger partial charge in [-0.3, -0.25) is 4.79 Å². The van der Waals surface area contributed by atoms with Crippen molar-refractivity contribution in [3.8, 4) is 0 Å². The molecule has 0 radical (unpaired) electrons. The molecule has 0 bridgehead atoms. The van der Waals surface area contributed by atoms with E-state index in [-0.39, 0.29) is 17.1 Å². The second-order valence-electron chi connectivity index (χ2n) is 5.98. The zero-order valence-corrected chi connectivity index (χ0v) is 15.9. The van der Waals surface area contributed by atoms with Gasteiger partial charge in [0.1, 0.15) is 5.82 Å². The molecule has 1 amide bonds. The van der Waals surface area contributed by atoms with Crippen LogP contribution in [-0.4, -0.2) is 31.7 Å². The Balaban J connectivity index is 2.18. The third-order valence-corrected chi connectivity index (χ3v) is 5.82. The summed E-state index contributed by atoms with van der Waals surface area (Å²) in [6.45, 7) is 2.68. The van der Waals surface area contributed by atoms with Crippen molar-refractivity contribution in [2.24, 2.45) is 0 Å². The lowest BCUT2D eigenvalue weighted by Gasteiger charge is -2.20. The number of likely N-dealkylation sites (N-methyl/N-ethyl adjacent to an activating group) is 1. The molecule has 0 unspecified atom stereocenters. The molecule has 0 heterocycles. The summed E-state index contributed by atoms with van der Waals surface area (Å²) >= 11 is 0. The van der Waals surface area contributed by atoms with E-state index in [2.05, 4.69) is 5.32 Å². The number of hydrogen-bond donors (Lipinski definition) is 1. The number of sulfonamides is 1. The van der Waals surface area contributed by atoms with E-state index in [1.54, 1.807) is 19.1 Å². The summed E-state index contributed by atoms with van der Waals surface area (Å²) < 4.78 is 77.8. The first-order valence-electron chi connectivity index (χ1n) is 8.18. The maximum atomic E-state index is 13.3. The topological polar surface area (TPSA) is 66.5 Å². The first kappa shape index (κ1) is 21.8. The lowest BCUT2D eigenvalue weighted by Crippen LogP contribution is -2.37. The second-order valence-corrected chi connectivity index (χ2v) is 7.92. The van der Waals surface area contributed by atoms with E-state index < -0.39 is 40.0 Å². The van der Waals surface area contributed by atoms with Crippen LogP contribution in [0.25, 0.3) is 0 Å². The Hall–Kier alpha value is -2.46. The molecule has 0 atom stereocenters. The van der Waals surface area contributed by atoms with Gasteiger partial charge in [-0.1, -0.05) is 24.6 Å². The molecule has 2 aromatic rings. The van der Waals surface area contributed by atoms with Gasteiger partial charge in [0.25, 0.3) is 0 Å². The number of nitrogens with one attached hydrogen (secondary N) is 1. The quantitative estimate of drug-likeness (QED) is 0.726. The molecule has 0 saturated carbocycles. The van der Waals surface area contributed by atoms with Crippen LogP contribution in [-0.2, 0) is 21.0 Å². The minimum absolute atomic E-state index is 0.00566. The molecule has 0 spiro atoms. The van der Waals surface area contributed by atoms with E-state index in [0.717, 1.165) is 15.9 Å². The average molecular weight is 418 g/mol. The third-order valence-electron chi connectivity index (χ3n) is 3.89. The van der Waals surface area contributed by atoms with Gasteiger partial charge in [0.15, 0.2) is 0 Å². The SMILES string of the molecule is CCN(CC(=O)Nc1ccc(F)c(C(F)(F)F)c1)S(=O)(=O)c1ccc(C)cc1. The van der Waals surface area contributed by atoms with Crippen molar-refractivity contribution in [3.05, 3.63) is 59.4 Å². The number of carbonyl (C=O) groups excluding carboxylic acids is 1. The van der Waals surface area contributed by atoms with Crippen molar-refractivity contribution in [3.63, 3.8) is 0 Å². The highest BCUT2D eigenvalue weighted by molar-refractivity contribution is 7.89. The van der Waals surface area contributed by atoms with Gasteiger partial charge in [-0.05, 0) is 37.3 Å². The number of hydrogen-bond acceptors (Lipinski definition) is 3. The first-order valence-corrected chi connectivity index (χ1v) is 9.62. The predicted octanol–water partition coefficient (Wildman–Crippen LogP) is 3.80. The molecule has 2 aromatic carbocycles. The van der Waals surface area contributed by atoms with Crippen LogP contribution in [0.5, 0.6) is 0 Å². The highest BCUT2D eigenvalue weighted by atomic mass is 32.2. The number of benzene rings is 2. The summed E-state index contributed by atoms with van der Waals surface area (Å²) in [5.41, 5.74) is -0.955. The second kappa shape index (κ2) is 8.27. The van der Waals surface area contributed by atoms with Gasteiger partial charge < -0.3 is 5.32 Å². The lowest BCUT2D eigenvalue weighted by molar-refractivity contribution is -0.140. The van der Waals surface area contributed by atoms with E-state index in [1.807, 2.05) is 0 Å². The molecular weight excluding hydrogens is 400 g/mol. The molecule has 1 N–H and O–H groups in total. The molecule has 0 saturated heterocycles. The molecule has 0 fully saturated rings. The Bertz CT molecular complexity index is 958. The third kappa shape index (κ3) is 5.08. The number of halogens is 4. The molecule has 0 aliphatic heterocycles. The molecule has 10 heteroatoms. The van der Waals surface area contributed by atoms with Crippen LogP contribution >= 0.6 is 0 Å².